The Morgan fingerprint density at radius 1 is 0.625 bits per heavy atom. The summed E-state index contributed by atoms with van der Waals surface area (Å²) in [7, 11) is 0. The van der Waals surface area contributed by atoms with Crippen molar-refractivity contribution in [3.8, 4) is 0 Å². The number of aliphatic hydroxyl groups excluding tert-OH is 8. The van der Waals surface area contributed by atoms with E-state index < -0.39 is 86.8 Å². The summed E-state index contributed by atoms with van der Waals surface area (Å²) < 4.78 is 22.3. The molecule has 330 valence electrons. The maximum Gasteiger partial charge on any atom is 0.220 e. The minimum Gasteiger partial charge on any atom is -0.394 e. The maximum atomic E-state index is 12.3. The molecule has 14 nitrogen and oxygen atoms in total. The highest BCUT2D eigenvalue weighted by Crippen LogP contribution is 2.30. The van der Waals surface area contributed by atoms with Gasteiger partial charge in [0, 0.05) is 6.42 Å². The third-order valence-corrected chi connectivity index (χ3v) is 11.0. The SMILES string of the molecule is CCCCCCCCCCCCCCCCCCCCCC/C=C/C(O)C(COC1OC(CO)C(OC2OC(CO)C(O)C(O)C2O)C(O)C1O)NC(=O)CC. The molecule has 2 aliphatic rings. The lowest BCUT2D eigenvalue weighted by molar-refractivity contribution is -0.359. The minimum atomic E-state index is -1.78. The number of carbonyl (C=O) groups is 1. The van der Waals surface area contributed by atoms with E-state index in [2.05, 4.69) is 12.2 Å². The van der Waals surface area contributed by atoms with Crippen LogP contribution >= 0.6 is 0 Å². The first-order chi connectivity index (χ1) is 27.1. The van der Waals surface area contributed by atoms with Crippen LogP contribution in [0.3, 0.4) is 0 Å². The molecular weight excluding hydrogens is 726 g/mol. The Kier molecular flexibility index (Phi) is 27.9. The van der Waals surface area contributed by atoms with Crippen molar-refractivity contribution in [3.63, 3.8) is 0 Å². The van der Waals surface area contributed by atoms with Crippen LogP contribution in [0.2, 0.25) is 0 Å². The molecule has 0 saturated carbocycles. The predicted molar refractivity (Wildman–Crippen MR) is 212 cm³/mol. The van der Waals surface area contributed by atoms with E-state index in [1.807, 2.05) is 6.08 Å². The molecule has 0 aromatic carbocycles. The van der Waals surface area contributed by atoms with Crippen molar-refractivity contribution in [1.29, 1.82) is 0 Å². The zero-order valence-electron chi connectivity index (χ0n) is 34.4. The Labute approximate surface area is 336 Å². The van der Waals surface area contributed by atoms with Crippen LogP contribution in [0, 0.1) is 0 Å². The van der Waals surface area contributed by atoms with Gasteiger partial charge in [-0.25, -0.2) is 0 Å². The largest absolute Gasteiger partial charge is 0.394 e. The molecule has 0 bridgehead atoms. The molecule has 2 fully saturated rings. The molecule has 56 heavy (non-hydrogen) atoms. The molecule has 12 unspecified atom stereocenters. The number of unbranched alkanes of at least 4 members (excludes halogenated alkanes) is 20. The Hall–Kier alpha value is -1.27. The molecule has 1 amide bonds. The van der Waals surface area contributed by atoms with E-state index in [1.165, 1.54) is 116 Å². The van der Waals surface area contributed by atoms with Gasteiger partial charge >= 0.3 is 0 Å². The Morgan fingerprint density at radius 2 is 1.09 bits per heavy atom. The van der Waals surface area contributed by atoms with Gasteiger partial charge in [-0.1, -0.05) is 148 Å². The third kappa shape index (κ3) is 19.2. The molecule has 2 aliphatic heterocycles. The second-order valence-electron chi connectivity index (χ2n) is 15.8. The molecule has 0 spiro atoms. The van der Waals surface area contributed by atoms with Gasteiger partial charge in [0.25, 0.3) is 0 Å². The third-order valence-electron chi connectivity index (χ3n) is 11.0. The molecule has 12 atom stereocenters. The topological polar surface area (TPSA) is 228 Å². The second kappa shape index (κ2) is 30.7. The highest BCUT2D eigenvalue weighted by Gasteiger charge is 2.50. The number of ether oxygens (including phenoxy) is 4. The second-order valence-corrected chi connectivity index (χ2v) is 15.8. The number of carbonyl (C=O) groups excluding carboxylic acids is 1. The summed E-state index contributed by atoms with van der Waals surface area (Å²) in [4.78, 5) is 12.3. The van der Waals surface area contributed by atoms with E-state index in [-0.39, 0.29) is 18.9 Å². The molecule has 2 rings (SSSR count). The van der Waals surface area contributed by atoms with Crippen LogP contribution in [0.5, 0.6) is 0 Å². The molecule has 2 heterocycles. The summed E-state index contributed by atoms with van der Waals surface area (Å²) in [5.74, 6) is -0.327. The van der Waals surface area contributed by atoms with Gasteiger partial charge in [0.2, 0.25) is 5.91 Å². The molecule has 0 aromatic rings. The highest BCUT2D eigenvalue weighted by molar-refractivity contribution is 5.75. The normalized spacial score (nSPS) is 29.5. The van der Waals surface area contributed by atoms with Crippen LogP contribution in [0.4, 0.5) is 0 Å². The lowest BCUT2D eigenvalue weighted by atomic mass is 9.97. The number of hydrogen-bond donors (Lipinski definition) is 9. The fourth-order valence-corrected chi connectivity index (χ4v) is 7.31. The zero-order chi connectivity index (χ0) is 41.1. The van der Waals surface area contributed by atoms with Gasteiger partial charge in [-0.2, -0.15) is 0 Å². The van der Waals surface area contributed by atoms with E-state index >= 15 is 0 Å². The van der Waals surface area contributed by atoms with Gasteiger partial charge in [-0.3, -0.25) is 4.79 Å². The number of rotatable bonds is 32. The van der Waals surface area contributed by atoms with E-state index in [0.717, 1.165) is 19.3 Å². The monoisotopic (exact) mass is 806 g/mol. The summed E-state index contributed by atoms with van der Waals surface area (Å²) in [6.45, 7) is 2.22. The van der Waals surface area contributed by atoms with Crippen molar-refractivity contribution in [2.24, 2.45) is 0 Å². The van der Waals surface area contributed by atoms with Gasteiger partial charge < -0.3 is 65.1 Å². The van der Waals surface area contributed by atoms with Crippen molar-refractivity contribution >= 4 is 5.91 Å². The summed E-state index contributed by atoms with van der Waals surface area (Å²) in [6, 6.07) is -0.905. The van der Waals surface area contributed by atoms with Gasteiger partial charge in [0.1, 0.15) is 48.8 Å². The van der Waals surface area contributed by atoms with Gasteiger partial charge in [0.05, 0.1) is 32.0 Å². The highest BCUT2D eigenvalue weighted by atomic mass is 16.7. The zero-order valence-corrected chi connectivity index (χ0v) is 34.4. The summed E-state index contributed by atoms with van der Waals surface area (Å²) >= 11 is 0. The number of allylic oxidation sites excluding steroid dienone is 1. The molecule has 0 aromatic heterocycles. The van der Waals surface area contributed by atoms with Crippen LogP contribution < -0.4 is 5.32 Å². The van der Waals surface area contributed by atoms with E-state index in [0.29, 0.717) is 0 Å². The lowest BCUT2D eigenvalue weighted by Crippen LogP contribution is -2.65. The quantitative estimate of drug-likeness (QED) is 0.0350. The van der Waals surface area contributed by atoms with Crippen molar-refractivity contribution < 1.29 is 64.6 Å². The van der Waals surface area contributed by atoms with Crippen LogP contribution in [0.1, 0.15) is 155 Å². The first kappa shape index (κ1) is 50.9. The number of nitrogens with one attached hydrogen (secondary N) is 1. The first-order valence-electron chi connectivity index (χ1n) is 21.9. The fraction of sp³-hybridized carbons (Fsp3) is 0.929. The Balaban J connectivity index is 1.64. The van der Waals surface area contributed by atoms with Gasteiger partial charge in [-0.15, -0.1) is 0 Å². The van der Waals surface area contributed by atoms with Gasteiger partial charge in [-0.05, 0) is 12.8 Å². The molecular formula is C42H79NO13. The summed E-state index contributed by atoms with van der Waals surface area (Å²) in [6.07, 6.45) is 13.9. The van der Waals surface area contributed by atoms with Gasteiger partial charge in [0.15, 0.2) is 12.6 Å². The lowest BCUT2D eigenvalue weighted by Gasteiger charge is -2.46. The van der Waals surface area contributed by atoms with Crippen LogP contribution in [0.15, 0.2) is 12.2 Å². The average Bonchev–Trinajstić information content (AvgIpc) is 3.20. The molecule has 14 heteroatoms. The minimum absolute atomic E-state index is 0.164. The molecule has 2 saturated heterocycles. The number of amides is 1. The fourth-order valence-electron chi connectivity index (χ4n) is 7.31. The van der Waals surface area contributed by atoms with E-state index in [4.69, 9.17) is 18.9 Å². The van der Waals surface area contributed by atoms with Crippen LogP contribution in [-0.2, 0) is 23.7 Å². The number of hydrogen-bond acceptors (Lipinski definition) is 13. The predicted octanol–water partition coefficient (Wildman–Crippen LogP) is 3.65. The summed E-state index contributed by atoms with van der Waals surface area (Å²) in [5.41, 5.74) is 0. The first-order valence-corrected chi connectivity index (χ1v) is 21.9. The smallest absolute Gasteiger partial charge is 0.220 e. The van der Waals surface area contributed by atoms with Crippen LogP contribution in [-0.4, -0.2) is 140 Å². The van der Waals surface area contributed by atoms with E-state index in [9.17, 15) is 45.6 Å². The summed E-state index contributed by atoms with van der Waals surface area (Å²) in [5, 5.41) is 85.2. The van der Waals surface area contributed by atoms with Crippen molar-refractivity contribution in [2.75, 3.05) is 19.8 Å². The standard InChI is InChI=1S/C42H79NO13/c1-3-5-6-7-8-9-10-11-12-13-14-15-16-17-18-19-20-21-22-23-24-25-26-31(46)30(43-34(47)4-2)29-53-41-39(52)37(50)40(33(28-45)55-41)56-42-38(51)36(49)35(48)32(27-44)54-42/h25-26,30-33,35-42,44-46,48-52H,3-24,27-29H2,1-2H3,(H,43,47)/b26-25+. The van der Waals surface area contributed by atoms with E-state index in [1.54, 1.807) is 13.0 Å². The molecule has 0 aliphatic carbocycles. The van der Waals surface area contributed by atoms with Crippen molar-refractivity contribution in [1.82, 2.24) is 5.32 Å². The molecule has 0 radical (unpaired) electrons. The van der Waals surface area contributed by atoms with Crippen molar-refractivity contribution in [3.05, 3.63) is 12.2 Å². The Bertz CT molecular complexity index is 1000. The van der Waals surface area contributed by atoms with Crippen molar-refractivity contribution in [2.45, 2.75) is 229 Å². The average molecular weight is 806 g/mol. The molecule has 9 N–H and O–H groups in total. The number of aliphatic hydroxyl groups is 8. The maximum absolute atomic E-state index is 12.3. The Morgan fingerprint density at radius 3 is 1.57 bits per heavy atom. The van der Waals surface area contributed by atoms with Crippen LogP contribution in [0.25, 0.3) is 0 Å².